The van der Waals surface area contributed by atoms with Crippen LogP contribution in [0.1, 0.15) is 6.92 Å². The fourth-order valence-electron chi connectivity index (χ4n) is 1.87. The van der Waals surface area contributed by atoms with Gasteiger partial charge in [0.2, 0.25) is 0 Å². The normalized spacial score (nSPS) is 13.8. The number of carbonyl (C=O) groups is 2. The van der Waals surface area contributed by atoms with Crippen molar-refractivity contribution >= 4 is 17.8 Å². The number of urea groups is 1. The molecule has 0 radical (unpaired) electrons. The van der Waals surface area contributed by atoms with Gasteiger partial charge in [-0.25, -0.2) is 35.4 Å². The molecule has 2 aromatic heterocycles. The number of hydrazine groups is 1. The van der Waals surface area contributed by atoms with Crippen LogP contribution >= 0.6 is 0 Å². The highest BCUT2D eigenvalue weighted by Gasteiger charge is 2.21. The van der Waals surface area contributed by atoms with Crippen LogP contribution < -0.4 is 15.6 Å². The topological polar surface area (TPSA) is 122 Å². The Bertz CT molecular complexity index is 777. The van der Waals surface area contributed by atoms with E-state index in [4.69, 9.17) is 4.74 Å². The molecule has 2 N–H and O–H groups in total. The maximum absolute atomic E-state index is 11.8. The second-order valence-corrected chi connectivity index (χ2v) is 4.81. The standard InChI is InChI=1S/C14H13N7O3/c1-9-8-21(13(22)19-18-9)20-14(23)24-10-6-16-12(17-7-10)11-4-2-3-5-15-11/h2-7H,8H2,1H3,(H,19,22)(H,20,23). The van der Waals surface area contributed by atoms with Crippen LogP contribution in [0.15, 0.2) is 41.9 Å². The van der Waals surface area contributed by atoms with Crippen LogP contribution in [-0.2, 0) is 0 Å². The summed E-state index contributed by atoms with van der Waals surface area (Å²) in [6, 6.07) is 4.81. The van der Waals surface area contributed by atoms with Crippen LogP contribution in [0.3, 0.4) is 0 Å². The molecular weight excluding hydrogens is 314 g/mol. The molecule has 3 rings (SSSR count). The number of carbonyl (C=O) groups excluding carboxylic acids is 2. The number of nitrogens with zero attached hydrogens (tertiary/aromatic N) is 5. The highest BCUT2D eigenvalue weighted by atomic mass is 16.6. The third kappa shape index (κ3) is 3.61. The number of nitrogens with one attached hydrogen (secondary N) is 2. The first-order valence-electron chi connectivity index (χ1n) is 6.94. The van der Waals surface area contributed by atoms with Crippen molar-refractivity contribution < 1.29 is 14.3 Å². The number of rotatable bonds is 3. The fourth-order valence-corrected chi connectivity index (χ4v) is 1.87. The summed E-state index contributed by atoms with van der Waals surface area (Å²) in [6.07, 6.45) is 3.49. The number of aromatic nitrogens is 3. The average Bonchev–Trinajstić information content (AvgIpc) is 2.59. The zero-order chi connectivity index (χ0) is 16.9. The molecule has 1 aliphatic heterocycles. The summed E-state index contributed by atoms with van der Waals surface area (Å²) in [7, 11) is 0. The molecule has 0 unspecified atom stereocenters. The molecule has 3 heterocycles. The van der Waals surface area contributed by atoms with Gasteiger partial charge in [0.1, 0.15) is 5.69 Å². The van der Waals surface area contributed by atoms with Gasteiger partial charge >= 0.3 is 12.1 Å². The molecular formula is C14H13N7O3. The van der Waals surface area contributed by atoms with E-state index >= 15 is 0 Å². The van der Waals surface area contributed by atoms with Crippen LogP contribution in [0.2, 0.25) is 0 Å². The summed E-state index contributed by atoms with van der Waals surface area (Å²) in [4.78, 5) is 35.7. The lowest BCUT2D eigenvalue weighted by atomic mass is 10.3. The van der Waals surface area contributed by atoms with Gasteiger partial charge in [-0.3, -0.25) is 4.98 Å². The van der Waals surface area contributed by atoms with Crippen LogP contribution in [-0.4, -0.2) is 44.3 Å². The Morgan fingerprint density at radius 3 is 2.79 bits per heavy atom. The van der Waals surface area contributed by atoms with E-state index in [9.17, 15) is 9.59 Å². The molecule has 0 saturated carbocycles. The third-order valence-electron chi connectivity index (χ3n) is 2.93. The highest BCUT2D eigenvalue weighted by Crippen LogP contribution is 2.13. The Morgan fingerprint density at radius 1 is 1.29 bits per heavy atom. The average molecular weight is 327 g/mol. The number of hydrogen-bond acceptors (Lipinski definition) is 7. The van der Waals surface area contributed by atoms with E-state index in [1.54, 1.807) is 25.3 Å². The smallest absolute Gasteiger partial charge is 0.406 e. The van der Waals surface area contributed by atoms with E-state index < -0.39 is 12.1 Å². The highest BCUT2D eigenvalue weighted by molar-refractivity contribution is 5.92. The van der Waals surface area contributed by atoms with Gasteiger partial charge in [0, 0.05) is 6.20 Å². The SMILES string of the molecule is CC1=NNC(=O)N(NC(=O)Oc2cnc(-c3ccccn3)nc2)C1. The Balaban J connectivity index is 1.61. The van der Waals surface area contributed by atoms with Gasteiger partial charge < -0.3 is 4.74 Å². The minimum absolute atomic E-state index is 0.134. The molecule has 122 valence electrons. The van der Waals surface area contributed by atoms with Crippen LogP contribution in [0, 0.1) is 0 Å². The summed E-state index contributed by atoms with van der Waals surface area (Å²) >= 11 is 0. The monoisotopic (exact) mass is 327 g/mol. The minimum Gasteiger partial charge on any atom is -0.406 e. The first-order valence-corrected chi connectivity index (χ1v) is 6.94. The summed E-state index contributed by atoms with van der Waals surface area (Å²) in [5.41, 5.74) is 5.80. The zero-order valence-electron chi connectivity index (χ0n) is 12.6. The van der Waals surface area contributed by atoms with Crippen LogP contribution in [0.25, 0.3) is 11.5 Å². The summed E-state index contributed by atoms with van der Waals surface area (Å²) < 4.78 is 5.03. The number of hydrogen-bond donors (Lipinski definition) is 2. The van der Waals surface area contributed by atoms with E-state index in [0.717, 1.165) is 5.01 Å². The first kappa shape index (κ1) is 15.3. The summed E-state index contributed by atoms with van der Waals surface area (Å²) in [6.45, 7) is 1.87. The Labute approximate surface area is 136 Å². The molecule has 0 aliphatic carbocycles. The van der Waals surface area contributed by atoms with Crippen LogP contribution in [0.4, 0.5) is 9.59 Å². The van der Waals surface area contributed by atoms with Crippen molar-refractivity contribution in [2.45, 2.75) is 6.92 Å². The predicted octanol–water partition coefficient (Wildman–Crippen LogP) is 0.943. The largest absolute Gasteiger partial charge is 0.431 e. The molecule has 0 bridgehead atoms. The van der Waals surface area contributed by atoms with E-state index in [2.05, 4.69) is 30.9 Å². The molecule has 0 fully saturated rings. The molecule has 0 saturated heterocycles. The molecule has 3 amide bonds. The van der Waals surface area contributed by atoms with Gasteiger partial charge in [0.25, 0.3) is 0 Å². The molecule has 1 aliphatic rings. The van der Waals surface area contributed by atoms with E-state index in [1.165, 1.54) is 12.4 Å². The molecule has 10 nitrogen and oxygen atoms in total. The summed E-state index contributed by atoms with van der Waals surface area (Å²) in [5, 5.41) is 4.80. The zero-order valence-corrected chi connectivity index (χ0v) is 12.6. The van der Waals surface area contributed by atoms with Gasteiger partial charge in [-0.15, -0.1) is 0 Å². The number of amides is 3. The molecule has 0 aromatic carbocycles. The van der Waals surface area contributed by atoms with Gasteiger partial charge in [-0.2, -0.15) is 5.10 Å². The van der Waals surface area contributed by atoms with Gasteiger partial charge in [0.15, 0.2) is 11.6 Å². The Hall–Kier alpha value is -3.56. The lowest BCUT2D eigenvalue weighted by molar-refractivity contribution is 0.151. The quantitative estimate of drug-likeness (QED) is 0.865. The maximum atomic E-state index is 11.8. The third-order valence-corrected chi connectivity index (χ3v) is 2.93. The molecule has 0 spiro atoms. The number of ether oxygens (including phenoxy) is 1. The van der Waals surface area contributed by atoms with E-state index in [-0.39, 0.29) is 12.3 Å². The lowest BCUT2D eigenvalue weighted by Gasteiger charge is -2.24. The van der Waals surface area contributed by atoms with Gasteiger partial charge in [-0.05, 0) is 19.1 Å². The minimum atomic E-state index is -0.839. The lowest BCUT2D eigenvalue weighted by Crippen LogP contribution is -2.54. The van der Waals surface area contributed by atoms with Gasteiger partial charge in [0.05, 0.1) is 24.7 Å². The van der Waals surface area contributed by atoms with Crippen molar-refractivity contribution in [3.8, 4) is 17.3 Å². The van der Waals surface area contributed by atoms with Crippen molar-refractivity contribution in [3.63, 3.8) is 0 Å². The first-order chi connectivity index (χ1) is 11.6. The van der Waals surface area contributed by atoms with Gasteiger partial charge in [-0.1, -0.05) is 6.07 Å². The summed E-state index contributed by atoms with van der Waals surface area (Å²) in [5.74, 6) is 0.542. The fraction of sp³-hybridized carbons (Fsp3) is 0.143. The molecule has 2 aromatic rings. The second-order valence-electron chi connectivity index (χ2n) is 4.81. The molecule has 0 atom stereocenters. The maximum Gasteiger partial charge on any atom is 0.431 e. The predicted molar refractivity (Wildman–Crippen MR) is 82.8 cm³/mol. The van der Waals surface area contributed by atoms with Crippen molar-refractivity contribution in [2.24, 2.45) is 5.10 Å². The Morgan fingerprint density at radius 2 is 2.08 bits per heavy atom. The van der Waals surface area contributed by atoms with Crippen molar-refractivity contribution in [1.82, 2.24) is 30.8 Å². The molecule has 10 heteroatoms. The van der Waals surface area contributed by atoms with Crippen molar-refractivity contribution in [1.29, 1.82) is 0 Å². The second kappa shape index (κ2) is 6.69. The van der Waals surface area contributed by atoms with Crippen molar-refractivity contribution in [2.75, 3.05) is 6.54 Å². The van der Waals surface area contributed by atoms with Crippen molar-refractivity contribution in [3.05, 3.63) is 36.8 Å². The van der Waals surface area contributed by atoms with E-state index in [0.29, 0.717) is 17.2 Å². The Kier molecular flexibility index (Phi) is 4.27. The van der Waals surface area contributed by atoms with E-state index in [1.807, 2.05) is 6.07 Å². The van der Waals surface area contributed by atoms with Crippen LogP contribution in [0.5, 0.6) is 5.75 Å². The number of pyridine rings is 1. The molecule has 24 heavy (non-hydrogen) atoms. The number of hydrazone groups is 1.